The lowest BCUT2D eigenvalue weighted by atomic mass is 9.87. The highest BCUT2D eigenvalue weighted by molar-refractivity contribution is 7.16. The Kier molecular flexibility index (Phi) is 6.06. The molecule has 3 aromatic rings. The summed E-state index contributed by atoms with van der Waals surface area (Å²) in [5.74, 6) is 0.648. The van der Waals surface area contributed by atoms with Crippen molar-refractivity contribution in [1.82, 2.24) is 4.57 Å². The van der Waals surface area contributed by atoms with E-state index in [1.54, 1.807) is 12.1 Å². The Balaban J connectivity index is 1.76. The van der Waals surface area contributed by atoms with Crippen LogP contribution in [-0.2, 0) is 21.5 Å². The number of fused-ring (bicyclic) bond motifs is 2. The van der Waals surface area contributed by atoms with Gasteiger partial charge in [0.1, 0.15) is 13.2 Å². The average Bonchev–Trinajstić information content (AvgIpc) is 3.10. The Labute approximate surface area is 190 Å². The molecule has 0 radical (unpaired) electrons. The Morgan fingerprint density at radius 2 is 1.75 bits per heavy atom. The van der Waals surface area contributed by atoms with Gasteiger partial charge < -0.3 is 18.8 Å². The van der Waals surface area contributed by atoms with Crippen molar-refractivity contribution < 1.29 is 23.8 Å². The van der Waals surface area contributed by atoms with Crippen LogP contribution in [0.4, 0.5) is 0 Å². The number of rotatable bonds is 4. The van der Waals surface area contributed by atoms with E-state index in [2.05, 4.69) is 25.8 Å². The molecular weight excluding hydrogens is 428 g/mol. The van der Waals surface area contributed by atoms with Gasteiger partial charge in [-0.05, 0) is 23.1 Å². The second-order valence-electron chi connectivity index (χ2n) is 8.57. The quantitative estimate of drug-likeness (QED) is 0.555. The molecule has 0 aliphatic carbocycles. The van der Waals surface area contributed by atoms with Gasteiger partial charge in [-0.15, -0.1) is 0 Å². The Bertz CT molecular complexity index is 1230. The van der Waals surface area contributed by atoms with E-state index in [-0.39, 0.29) is 23.7 Å². The zero-order chi connectivity index (χ0) is 22.9. The van der Waals surface area contributed by atoms with E-state index in [1.165, 1.54) is 18.4 Å². The minimum absolute atomic E-state index is 0.00432. The van der Waals surface area contributed by atoms with Crippen LogP contribution in [0.5, 0.6) is 11.5 Å². The summed E-state index contributed by atoms with van der Waals surface area (Å²) in [6.07, 6.45) is 0.165. The Morgan fingerprint density at radius 1 is 1.09 bits per heavy atom. The molecule has 4 rings (SSSR count). The lowest BCUT2D eigenvalue weighted by Gasteiger charge is -2.18. The number of methoxy groups -OCH3 is 1. The fourth-order valence-corrected chi connectivity index (χ4v) is 4.54. The monoisotopic (exact) mass is 454 g/mol. The zero-order valence-corrected chi connectivity index (χ0v) is 19.5. The van der Waals surface area contributed by atoms with Gasteiger partial charge in [-0.25, -0.2) is 0 Å². The molecule has 8 heteroatoms. The molecule has 32 heavy (non-hydrogen) atoms. The number of ether oxygens (including phenoxy) is 3. The maximum Gasteiger partial charge on any atom is 0.307 e. The molecule has 168 valence electrons. The van der Waals surface area contributed by atoms with Crippen LogP contribution in [-0.4, -0.2) is 36.8 Å². The standard InChI is InChI=1S/C24H26N2O5S/c1-24(2,3)16-7-5-15(6-8-16)22(28)25-23-26(10-9-21(27)29-4)17-13-18-19(14-20(17)32-23)31-12-11-30-18/h5-8,13-14H,9-12H2,1-4H3. The van der Waals surface area contributed by atoms with Crippen molar-refractivity contribution in [3.8, 4) is 11.5 Å². The van der Waals surface area contributed by atoms with Gasteiger partial charge >= 0.3 is 5.97 Å². The molecule has 7 nitrogen and oxygen atoms in total. The molecule has 2 aromatic carbocycles. The maximum atomic E-state index is 12.9. The number of nitrogens with zero attached hydrogens (tertiary/aromatic N) is 2. The molecule has 1 aromatic heterocycles. The second kappa shape index (κ2) is 8.78. The van der Waals surface area contributed by atoms with Gasteiger partial charge in [0.05, 0.1) is 23.7 Å². The van der Waals surface area contributed by atoms with Crippen LogP contribution in [0.2, 0.25) is 0 Å². The van der Waals surface area contributed by atoms with E-state index in [1.807, 2.05) is 28.8 Å². The van der Waals surface area contributed by atoms with Gasteiger partial charge in [0.15, 0.2) is 16.3 Å². The Hall–Kier alpha value is -3.13. The van der Waals surface area contributed by atoms with Crippen molar-refractivity contribution in [2.45, 2.75) is 39.2 Å². The summed E-state index contributed by atoms with van der Waals surface area (Å²) in [5, 5.41) is 0. The van der Waals surface area contributed by atoms with Gasteiger partial charge in [0.2, 0.25) is 0 Å². The smallest absolute Gasteiger partial charge is 0.307 e. The van der Waals surface area contributed by atoms with E-state index in [0.29, 0.717) is 41.6 Å². The molecule has 1 amide bonds. The van der Waals surface area contributed by atoms with Gasteiger partial charge in [-0.3, -0.25) is 9.59 Å². The van der Waals surface area contributed by atoms with Crippen molar-refractivity contribution in [1.29, 1.82) is 0 Å². The van der Waals surface area contributed by atoms with Crippen LogP contribution in [0.25, 0.3) is 10.2 Å². The minimum Gasteiger partial charge on any atom is -0.486 e. The first-order valence-corrected chi connectivity index (χ1v) is 11.3. The number of benzene rings is 2. The first-order valence-electron chi connectivity index (χ1n) is 10.5. The summed E-state index contributed by atoms with van der Waals surface area (Å²) < 4.78 is 18.9. The summed E-state index contributed by atoms with van der Waals surface area (Å²) in [6, 6.07) is 11.3. The number of hydrogen-bond acceptors (Lipinski definition) is 6. The van der Waals surface area contributed by atoms with Crippen molar-refractivity contribution in [3.05, 3.63) is 52.3 Å². The normalized spacial score (nSPS) is 13.9. The van der Waals surface area contributed by atoms with Crippen LogP contribution in [0.15, 0.2) is 41.4 Å². The maximum absolute atomic E-state index is 12.9. The number of thiazole rings is 1. The molecule has 1 aliphatic heterocycles. The number of carbonyl (C=O) groups excluding carboxylic acids is 2. The first-order chi connectivity index (χ1) is 15.3. The molecule has 0 spiro atoms. The van der Waals surface area contributed by atoms with E-state index >= 15 is 0 Å². The minimum atomic E-state index is -0.332. The Morgan fingerprint density at radius 3 is 2.38 bits per heavy atom. The molecule has 0 bridgehead atoms. The van der Waals surface area contributed by atoms with Crippen LogP contribution < -0.4 is 14.3 Å². The molecule has 0 saturated carbocycles. The summed E-state index contributed by atoms with van der Waals surface area (Å²) >= 11 is 1.37. The first kappa shape index (κ1) is 22.1. The summed E-state index contributed by atoms with van der Waals surface area (Å²) in [5.41, 5.74) is 2.50. The van der Waals surface area contributed by atoms with E-state index in [4.69, 9.17) is 14.2 Å². The lowest BCUT2D eigenvalue weighted by molar-refractivity contribution is -0.140. The SMILES string of the molecule is COC(=O)CCn1c(=NC(=O)c2ccc(C(C)(C)C)cc2)sc2cc3c(cc21)OCCO3. The second-order valence-corrected chi connectivity index (χ2v) is 9.58. The third-order valence-electron chi connectivity index (χ3n) is 5.31. The van der Waals surface area contributed by atoms with Gasteiger partial charge in [-0.2, -0.15) is 4.99 Å². The van der Waals surface area contributed by atoms with Crippen LogP contribution >= 0.6 is 11.3 Å². The molecule has 0 unspecified atom stereocenters. The highest BCUT2D eigenvalue weighted by Gasteiger charge is 2.18. The van der Waals surface area contributed by atoms with Crippen molar-refractivity contribution in [2.24, 2.45) is 4.99 Å². The molecule has 0 saturated heterocycles. The molecule has 2 heterocycles. The van der Waals surface area contributed by atoms with E-state index < -0.39 is 0 Å². The predicted octanol–water partition coefficient (Wildman–Crippen LogP) is 4.08. The number of carbonyl (C=O) groups is 2. The molecule has 0 N–H and O–H groups in total. The number of amides is 1. The van der Waals surface area contributed by atoms with E-state index in [0.717, 1.165) is 15.8 Å². The van der Waals surface area contributed by atoms with Gasteiger partial charge in [-0.1, -0.05) is 44.2 Å². The third-order valence-corrected chi connectivity index (χ3v) is 6.35. The number of esters is 1. The summed E-state index contributed by atoms with van der Waals surface area (Å²) in [4.78, 5) is 29.6. The van der Waals surface area contributed by atoms with Crippen LogP contribution in [0.1, 0.15) is 43.1 Å². The van der Waals surface area contributed by atoms with Gasteiger partial charge in [0, 0.05) is 24.2 Å². The van der Waals surface area contributed by atoms with Crippen LogP contribution in [0, 0.1) is 0 Å². The van der Waals surface area contributed by atoms with Crippen molar-refractivity contribution in [2.75, 3.05) is 20.3 Å². The molecular formula is C24H26N2O5S. The van der Waals surface area contributed by atoms with Crippen molar-refractivity contribution in [3.63, 3.8) is 0 Å². The third kappa shape index (κ3) is 4.55. The van der Waals surface area contributed by atoms with E-state index in [9.17, 15) is 9.59 Å². The number of hydrogen-bond donors (Lipinski definition) is 0. The fraction of sp³-hybridized carbons (Fsp3) is 0.375. The largest absolute Gasteiger partial charge is 0.486 e. The lowest BCUT2D eigenvalue weighted by Crippen LogP contribution is -2.19. The topological polar surface area (TPSA) is 79.1 Å². The number of aryl methyl sites for hydroxylation is 1. The molecule has 0 atom stereocenters. The number of aromatic nitrogens is 1. The summed E-state index contributed by atoms with van der Waals surface area (Å²) in [7, 11) is 1.36. The fourth-order valence-electron chi connectivity index (χ4n) is 3.48. The zero-order valence-electron chi connectivity index (χ0n) is 18.6. The predicted molar refractivity (Wildman–Crippen MR) is 122 cm³/mol. The van der Waals surface area contributed by atoms with Gasteiger partial charge in [0.25, 0.3) is 5.91 Å². The highest BCUT2D eigenvalue weighted by atomic mass is 32.1. The van der Waals surface area contributed by atoms with Crippen LogP contribution in [0.3, 0.4) is 0 Å². The molecule has 1 aliphatic rings. The van der Waals surface area contributed by atoms with Crippen molar-refractivity contribution >= 4 is 33.4 Å². The summed E-state index contributed by atoms with van der Waals surface area (Å²) in [6.45, 7) is 7.69. The average molecular weight is 455 g/mol. The molecule has 0 fully saturated rings. The highest BCUT2D eigenvalue weighted by Crippen LogP contribution is 2.35.